The molecule has 0 atom stereocenters. The van der Waals surface area contributed by atoms with Crippen molar-refractivity contribution >= 4 is 11.6 Å². The van der Waals surface area contributed by atoms with Gasteiger partial charge in [0, 0.05) is 11.1 Å². The number of H-pyrrole nitrogens is 1. The van der Waals surface area contributed by atoms with Crippen LogP contribution in [-0.4, -0.2) is 16.7 Å². The highest BCUT2D eigenvalue weighted by Gasteiger charge is 2.35. The minimum atomic E-state index is -0.816. The number of hydrogen-bond acceptors (Lipinski definition) is 4. The van der Waals surface area contributed by atoms with Crippen LogP contribution in [0.25, 0.3) is 11.3 Å². The maximum Gasteiger partial charge on any atom is 0.291 e. The summed E-state index contributed by atoms with van der Waals surface area (Å²) in [6, 6.07) is 6.53. The van der Waals surface area contributed by atoms with Gasteiger partial charge in [-0.1, -0.05) is 24.3 Å². The second-order valence-electron chi connectivity index (χ2n) is 3.44. The van der Waals surface area contributed by atoms with Crippen molar-refractivity contribution in [2.45, 2.75) is 0 Å². The van der Waals surface area contributed by atoms with E-state index >= 15 is 0 Å². The Hall–Kier alpha value is -2.43. The van der Waals surface area contributed by atoms with Gasteiger partial charge in [-0.25, -0.2) is 0 Å². The Balaban J connectivity index is 2.47. The molecular weight excluding hydrogens is 210 g/mol. The van der Waals surface area contributed by atoms with Crippen LogP contribution >= 0.6 is 0 Å². The first kappa shape index (κ1) is 8.84. The number of ketones is 2. The highest BCUT2D eigenvalue weighted by molar-refractivity contribution is 6.52. The summed E-state index contributed by atoms with van der Waals surface area (Å²) in [6.45, 7) is 0. The third-order valence-electron chi connectivity index (χ3n) is 2.55. The summed E-state index contributed by atoms with van der Waals surface area (Å²) in [5.74, 6) is -1.34. The number of Topliss-reactive ketones (excluding diaryl/α,β-unsaturated/α-hetero) is 2. The van der Waals surface area contributed by atoms with E-state index in [0.29, 0.717) is 5.56 Å². The zero-order chi connectivity index (χ0) is 11.3. The van der Waals surface area contributed by atoms with E-state index in [9.17, 15) is 14.4 Å². The average molecular weight is 215 g/mol. The Kier molecular flexibility index (Phi) is 1.54. The maximum absolute atomic E-state index is 11.7. The van der Waals surface area contributed by atoms with Gasteiger partial charge in [0.15, 0.2) is 5.76 Å². The molecule has 0 bridgehead atoms. The van der Waals surface area contributed by atoms with E-state index in [1.54, 1.807) is 18.2 Å². The van der Waals surface area contributed by atoms with Crippen molar-refractivity contribution in [3.8, 4) is 11.3 Å². The van der Waals surface area contributed by atoms with Gasteiger partial charge in [0.05, 0.1) is 0 Å². The maximum atomic E-state index is 11.7. The van der Waals surface area contributed by atoms with Crippen LogP contribution in [-0.2, 0) is 0 Å². The lowest BCUT2D eigenvalue weighted by atomic mass is 9.89. The quantitative estimate of drug-likeness (QED) is 0.665. The van der Waals surface area contributed by atoms with Crippen molar-refractivity contribution in [3.05, 3.63) is 45.7 Å². The third-order valence-corrected chi connectivity index (χ3v) is 2.55. The van der Waals surface area contributed by atoms with E-state index < -0.39 is 17.1 Å². The molecule has 5 nitrogen and oxygen atoms in total. The van der Waals surface area contributed by atoms with Gasteiger partial charge >= 0.3 is 0 Å². The molecule has 0 unspecified atom stereocenters. The molecule has 78 valence electrons. The Labute approximate surface area is 88.7 Å². The Morgan fingerprint density at radius 2 is 1.62 bits per heavy atom. The molecule has 0 radical (unpaired) electrons. The van der Waals surface area contributed by atoms with Crippen LogP contribution in [0.15, 0.2) is 33.6 Å². The number of fused-ring (bicyclic) bond motifs is 3. The minimum Gasteiger partial charge on any atom is -0.378 e. The molecule has 3 rings (SSSR count). The zero-order valence-corrected chi connectivity index (χ0v) is 7.94. The molecule has 0 saturated heterocycles. The second-order valence-corrected chi connectivity index (χ2v) is 3.44. The summed E-state index contributed by atoms with van der Waals surface area (Å²) in [5, 5.41) is 2.07. The Bertz CT molecular complexity index is 677. The number of rotatable bonds is 0. The Morgan fingerprint density at radius 1 is 0.938 bits per heavy atom. The van der Waals surface area contributed by atoms with Crippen LogP contribution in [0, 0.1) is 0 Å². The van der Waals surface area contributed by atoms with E-state index in [1.807, 2.05) is 0 Å². The number of aromatic amines is 1. The predicted octanol–water partition coefficient (Wildman–Crippen LogP) is 1.01. The van der Waals surface area contributed by atoms with Crippen molar-refractivity contribution in [1.82, 2.24) is 5.16 Å². The molecule has 0 fully saturated rings. The van der Waals surface area contributed by atoms with Crippen molar-refractivity contribution in [2.24, 2.45) is 0 Å². The van der Waals surface area contributed by atoms with Gasteiger partial charge in [-0.2, -0.15) is 5.16 Å². The number of benzene rings is 1. The molecular formula is C11H5NO4. The van der Waals surface area contributed by atoms with E-state index in [4.69, 9.17) is 4.52 Å². The first-order valence-electron chi connectivity index (χ1n) is 4.60. The first-order valence-corrected chi connectivity index (χ1v) is 4.60. The fraction of sp³-hybridized carbons (Fsp3) is 0. The molecule has 16 heavy (non-hydrogen) atoms. The zero-order valence-electron chi connectivity index (χ0n) is 7.94. The molecule has 0 amide bonds. The van der Waals surface area contributed by atoms with E-state index in [0.717, 1.165) is 0 Å². The molecule has 1 aromatic heterocycles. The van der Waals surface area contributed by atoms with Gasteiger partial charge in [-0.05, 0) is 0 Å². The van der Waals surface area contributed by atoms with Crippen LogP contribution in [0.4, 0.5) is 0 Å². The third kappa shape index (κ3) is 0.916. The molecule has 2 aromatic rings. The highest BCUT2D eigenvalue weighted by Crippen LogP contribution is 2.30. The molecule has 0 aliphatic heterocycles. The van der Waals surface area contributed by atoms with E-state index in [2.05, 4.69) is 5.16 Å². The summed E-state index contributed by atoms with van der Waals surface area (Å²) >= 11 is 0. The van der Waals surface area contributed by atoms with Crippen LogP contribution < -0.4 is 5.56 Å². The van der Waals surface area contributed by atoms with Crippen LogP contribution in [0.3, 0.4) is 0 Å². The summed E-state index contributed by atoms with van der Waals surface area (Å²) in [5.41, 5.74) is -0.130. The van der Waals surface area contributed by atoms with Gasteiger partial charge in [0.2, 0.25) is 11.6 Å². The molecule has 1 N–H and O–H groups in total. The number of aromatic nitrogens is 1. The lowest BCUT2D eigenvalue weighted by molar-refractivity contribution is 0.0814. The van der Waals surface area contributed by atoms with Crippen molar-refractivity contribution in [3.63, 3.8) is 0 Å². The van der Waals surface area contributed by atoms with Crippen molar-refractivity contribution in [1.29, 1.82) is 0 Å². The van der Waals surface area contributed by atoms with E-state index in [1.165, 1.54) is 6.07 Å². The second kappa shape index (κ2) is 2.79. The standard InChI is InChI=1S/C11H5NO4/c13-8-5-3-1-2-4-6(5)10-7(9(8)14)11(15)12-16-10/h1-4H,(H,12,15). The number of carbonyl (C=O) groups excluding carboxylic acids is 2. The predicted molar refractivity (Wildman–Crippen MR) is 53.4 cm³/mol. The summed E-state index contributed by atoms with van der Waals surface area (Å²) in [7, 11) is 0. The summed E-state index contributed by atoms with van der Waals surface area (Å²) in [4.78, 5) is 34.6. The fourth-order valence-corrected chi connectivity index (χ4v) is 1.81. The lowest BCUT2D eigenvalue weighted by Gasteiger charge is -2.10. The SMILES string of the molecule is O=C1C(=O)c2c(o[nH]c2=O)-c2ccccc21. The van der Waals surface area contributed by atoms with Gasteiger partial charge in [-0.15, -0.1) is 0 Å². The summed E-state index contributed by atoms with van der Waals surface area (Å²) < 4.78 is 4.92. The monoisotopic (exact) mass is 215 g/mol. The van der Waals surface area contributed by atoms with Crippen molar-refractivity contribution < 1.29 is 14.1 Å². The average Bonchev–Trinajstić information content (AvgIpc) is 2.69. The lowest BCUT2D eigenvalue weighted by Crippen LogP contribution is -2.25. The Morgan fingerprint density at radius 3 is 2.38 bits per heavy atom. The largest absolute Gasteiger partial charge is 0.378 e. The molecule has 1 heterocycles. The van der Waals surface area contributed by atoms with Crippen molar-refractivity contribution in [2.75, 3.05) is 0 Å². The number of nitrogens with one attached hydrogen (secondary N) is 1. The number of hydrogen-bond donors (Lipinski definition) is 1. The molecule has 1 aliphatic rings. The molecule has 0 spiro atoms. The fourth-order valence-electron chi connectivity index (χ4n) is 1.81. The molecule has 0 saturated carbocycles. The minimum absolute atomic E-state index is 0.144. The molecule has 1 aromatic carbocycles. The number of carbonyl (C=O) groups is 2. The molecule has 5 heteroatoms. The van der Waals surface area contributed by atoms with Crippen LogP contribution in [0.5, 0.6) is 0 Å². The topological polar surface area (TPSA) is 80.1 Å². The van der Waals surface area contributed by atoms with Gasteiger partial charge < -0.3 is 4.52 Å². The molecule has 1 aliphatic carbocycles. The van der Waals surface area contributed by atoms with Gasteiger partial charge in [0.25, 0.3) is 5.56 Å². The highest BCUT2D eigenvalue weighted by atomic mass is 16.5. The van der Waals surface area contributed by atoms with Gasteiger partial charge in [0.1, 0.15) is 5.56 Å². The van der Waals surface area contributed by atoms with Gasteiger partial charge in [-0.3, -0.25) is 14.4 Å². The normalized spacial score (nSPS) is 13.5. The smallest absolute Gasteiger partial charge is 0.291 e. The van der Waals surface area contributed by atoms with Crippen LogP contribution in [0.2, 0.25) is 0 Å². The van der Waals surface area contributed by atoms with E-state index in [-0.39, 0.29) is 16.9 Å². The first-order chi connectivity index (χ1) is 7.70. The summed E-state index contributed by atoms with van der Waals surface area (Å²) in [6.07, 6.45) is 0. The van der Waals surface area contributed by atoms with Crippen LogP contribution in [0.1, 0.15) is 20.7 Å².